The number of aryl methyl sites for hydroxylation is 1. The lowest BCUT2D eigenvalue weighted by molar-refractivity contribution is -0.691. The summed E-state index contributed by atoms with van der Waals surface area (Å²) in [5.41, 5.74) is 1.18. The van der Waals surface area contributed by atoms with E-state index in [0.29, 0.717) is 43.7 Å². The van der Waals surface area contributed by atoms with Crippen molar-refractivity contribution < 1.29 is 17.8 Å². The molecule has 0 bridgehead atoms. The van der Waals surface area contributed by atoms with Crippen molar-refractivity contribution in [1.82, 2.24) is 0 Å². The van der Waals surface area contributed by atoms with Crippen LogP contribution in [0.2, 0.25) is 0 Å². The molecule has 0 N–H and O–H groups in total. The fraction of sp³-hybridized carbons (Fsp3) is 0.737. The third-order valence-corrected chi connectivity index (χ3v) is 5.99. The average molecular weight is 355 g/mol. The van der Waals surface area contributed by atoms with Gasteiger partial charge in [-0.15, -0.1) is 0 Å². The van der Waals surface area contributed by atoms with Crippen molar-refractivity contribution in [3.8, 4) is 0 Å². The molecule has 0 aliphatic rings. The maximum Gasteiger partial charge on any atom is 0.570 e. The van der Waals surface area contributed by atoms with Crippen molar-refractivity contribution in [2.45, 2.75) is 54.6 Å². The van der Waals surface area contributed by atoms with Crippen LogP contribution in [0.5, 0.6) is 0 Å². The number of aromatic nitrogens is 1. The maximum absolute atomic E-state index is 6.32. The highest BCUT2D eigenvalue weighted by Crippen LogP contribution is 2.16. The zero-order chi connectivity index (χ0) is 18.2. The molecule has 0 aliphatic heterocycles. The van der Waals surface area contributed by atoms with Crippen molar-refractivity contribution in [2.75, 3.05) is 19.8 Å². The Morgan fingerprint density at radius 1 is 0.833 bits per heavy atom. The van der Waals surface area contributed by atoms with E-state index in [2.05, 4.69) is 65.3 Å². The standard InChI is InChI=1S/C19H36NO3Si/c1-16(2)12-21-24(22-13-17(3)4,23-14-18(5)6)15-20-11-9-8-10-19(20)7/h8-11,16-18H,12-15H2,1-7H3/q+1. The summed E-state index contributed by atoms with van der Waals surface area (Å²) in [6, 6.07) is 6.19. The predicted octanol–water partition coefficient (Wildman–Crippen LogP) is 3.78. The largest absolute Gasteiger partial charge is 0.570 e. The molecule has 1 rings (SSSR count). The highest BCUT2D eigenvalue weighted by molar-refractivity contribution is 6.58. The second kappa shape index (κ2) is 10.3. The molecule has 0 radical (unpaired) electrons. The lowest BCUT2D eigenvalue weighted by atomic mass is 10.2. The lowest BCUT2D eigenvalue weighted by Crippen LogP contribution is -2.60. The number of rotatable bonds is 11. The van der Waals surface area contributed by atoms with E-state index >= 15 is 0 Å². The summed E-state index contributed by atoms with van der Waals surface area (Å²) < 4.78 is 21.2. The molecular formula is C19H36NO3Si+. The van der Waals surface area contributed by atoms with Crippen molar-refractivity contribution in [3.63, 3.8) is 0 Å². The monoisotopic (exact) mass is 354 g/mol. The van der Waals surface area contributed by atoms with Gasteiger partial charge in [0.15, 0.2) is 11.9 Å². The Bertz CT molecular complexity index is 446. The number of hydrogen-bond donors (Lipinski definition) is 0. The van der Waals surface area contributed by atoms with Crippen LogP contribution in [0.3, 0.4) is 0 Å². The molecule has 0 atom stereocenters. The van der Waals surface area contributed by atoms with Crippen LogP contribution in [0.4, 0.5) is 0 Å². The first-order chi connectivity index (χ1) is 11.2. The van der Waals surface area contributed by atoms with Gasteiger partial charge in [-0.05, 0) is 17.8 Å². The van der Waals surface area contributed by atoms with Crippen molar-refractivity contribution in [3.05, 3.63) is 30.1 Å². The van der Waals surface area contributed by atoms with Crippen LogP contribution in [0.1, 0.15) is 47.2 Å². The number of nitrogens with zero attached hydrogens (tertiary/aromatic N) is 1. The second-order valence-corrected chi connectivity index (χ2v) is 10.3. The third kappa shape index (κ3) is 7.88. The van der Waals surface area contributed by atoms with E-state index in [4.69, 9.17) is 13.3 Å². The van der Waals surface area contributed by atoms with Crippen LogP contribution < -0.4 is 4.57 Å². The Morgan fingerprint density at radius 2 is 1.29 bits per heavy atom. The molecule has 24 heavy (non-hydrogen) atoms. The van der Waals surface area contributed by atoms with E-state index in [9.17, 15) is 0 Å². The fourth-order valence-electron chi connectivity index (χ4n) is 2.09. The van der Waals surface area contributed by atoms with Crippen LogP contribution in [0.15, 0.2) is 24.4 Å². The van der Waals surface area contributed by atoms with Gasteiger partial charge in [0.2, 0.25) is 6.17 Å². The van der Waals surface area contributed by atoms with Gasteiger partial charge in [0.1, 0.15) is 0 Å². The number of pyridine rings is 1. The molecule has 0 aliphatic carbocycles. The summed E-state index contributed by atoms with van der Waals surface area (Å²) in [6.07, 6.45) is 2.74. The topological polar surface area (TPSA) is 31.6 Å². The molecule has 4 nitrogen and oxygen atoms in total. The molecule has 1 aromatic heterocycles. The van der Waals surface area contributed by atoms with Crippen LogP contribution in [0, 0.1) is 24.7 Å². The molecular weight excluding hydrogens is 318 g/mol. The van der Waals surface area contributed by atoms with E-state index in [1.165, 1.54) is 5.69 Å². The fourth-order valence-corrected chi connectivity index (χ4v) is 5.15. The van der Waals surface area contributed by atoms with Gasteiger partial charge < -0.3 is 13.3 Å². The Kier molecular flexibility index (Phi) is 9.12. The first-order valence-electron chi connectivity index (χ1n) is 9.11. The normalized spacial score (nSPS) is 12.6. The predicted molar refractivity (Wildman–Crippen MR) is 99.5 cm³/mol. The molecule has 138 valence electrons. The minimum atomic E-state index is -2.79. The quantitative estimate of drug-likeness (QED) is 0.448. The lowest BCUT2D eigenvalue weighted by Gasteiger charge is -2.29. The summed E-state index contributed by atoms with van der Waals surface area (Å²) in [7, 11) is -2.79. The summed E-state index contributed by atoms with van der Waals surface area (Å²) in [5, 5.41) is 0. The van der Waals surface area contributed by atoms with Crippen molar-refractivity contribution in [1.29, 1.82) is 0 Å². The van der Waals surface area contributed by atoms with Gasteiger partial charge in [0, 0.05) is 38.9 Å². The summed E-state index contributed by atoms with van der Waals surface area (Å²) in [6.45, 7) is 17.0. The first kappa shape index (κ1) is 21.3. The molecule has 1 aromatic rings. The van der Waals surface area contributed by atoms with Gasteiger partial charge in [-0.25, -0.2) is 0 Å². The van der Waals surface area contributed by atoms with E-state index in [-0.39, 0.29) is 0 Å². The first-order valence-corrected chi connectivity index (χ1v) is 11.0. The van der Waals surface area contributed by atoms with Crippen LogP contribution in [-0.2, 0) is 19.4 Å². The van der Waals surface area contributed by atoms with Crippen molar-refractivity contribution >= 4 is 8.80 Å². The Labute approximate surface area is 149 Å². The van der Waals surface area contributed by atoms with Gasteiger partial charge in [0.25, 0.3) is 0 Å². The molecule has 5 heteroatoms. The zero-order valence-electron chi connectivity index (χ0n) is 16.5. The van der Waals surface area contributed by atoms with Crippen LogP contribution >= 0.6 is 0 Å². The highest BCUT2D eigenvalue weighted by atomic mass is 28.4. The van der Waals surface area contributed by atoms with Gasteiger partial charge in [-0.3, -0.25) is 0 Å². The van der Waals surface area contributed by atoms with Gasteiger partial charge in [-0.2, -0.15) is 4.57 Å². The van der Waals surface area contributed by atoms with Crippen molar-refractivity contribution in [2.24, 2.45) is 17.8 Å². The van der Waals surface area contributed by atoms with Crippen LogP contribution in [-0.4, -0.2) is 28.6 Å². The molecule has 0 amide bonds. The Balaban J connectivity index is 3.03. The minimum Gasteiger partial charge on any atom is -0.370 e. The third-order valence-electron chi connectivity index (χ3n) is 3.44. The van der Waals surface area contributed by atoms with E-state index in [0.717, 1.165) is 0 Å². The number of hydrogen-bond acceptors (Lipinski definition) is 3. The van der Waals surface area contributed by atoms with E-state index < -0.39 is 8.80 Å². The molecule has 1 heterocycles. The Hall–Kier alpha value is -0.753. The van der Waals surface area contributed by atoms with Gasteiger partial charge >= 0.3 is 8.80 Å². The summed E-state index contributed by atoms with van der Waals surface area (Å²) >= 11 is 0. The second-order valence-electron chi connectivity index (χ2n) is 7.77. The Morgan fingerprint density at radius 3 is 1.67 bits per heavy atom. The minimum absolute atomic E-state index is 0.448. The summed E-state index contributed by atoms with van der Waals surface area (Å²) in [4.78, 5) is 0. The smallest absolute Gasteiger partial charge is 0.370 e. The molecule has 0 spiro atoms. The van der Waals surface area contributed by atoms with Crippen LogP contribution in [0.25, 0.3) is 0 Å². The molecule has 0 fully saturated rings. The molecule has 0 saturated heterocycles. The molecule has 0 aromatic carbocycles. The molecule has 0 saturated carbocycles. The average Bonchev–Trinajstić information content (AvgIpc) is 2.50. The zero-order valence-corrected chi connectivity index (χ0v) is 17.5. The van der Waals surface area contributed by atoms with E-state index in [1.54, 1.807) is 0 Å². The van der Waals surface area contributed by atoms with Gasteiger partial charge in [0.05, 0.1) is 0 Å². The maximum atomic E-state index is 6.32. The van der Waals surface area contributed by atoms with E-state index in [1.807, 2.05) is 12.1 Å². The van der Waals surface area contributed by atoms with Gasteiger partial charge in [-0.1, -0.05) is 47.6 Å². The SMILES string of the molecule is Cc1cccc[n+]1C[Si](OCC(C)C)(OCC(C)C)OCC(C)C. The highest BCUT2D eigenvalue weighted by Gasteiger charge is 2.47. The summed E-state index contributed by atoms with van der Waals surface area (Å²) in [5.74, 6) is 1.34. The molecule has 0 unspecified atom stereocenters.